The maximum Gasteiger partial charge on any atom is 0.342 e. The highest BCUT2D eigenvalue weighted by molar-refractivity contribution is 6.02. The Hall–Kier alpha value is -4.32. The quantitative estimate of drug-likeness (QED) is 0.349. The van der Waals surface area contributed by atoms with Crippen LogP contribution in [0.25, 0.3) is 0 Å². The number of ether oxygens (including phenoxy) is 1. The molecule has 1 aliphatic carbocycles. The molecule has 2 heterocycles. The van der Waals surface area contributed by atoms with E-state index in [-0.39, 0.29) is 35.3 Å². The molecule has 1 saturated carbocycles. The van der Waals surface area contributed by atoms with Crippen LogP contribution >= 0.6 is 0 Å². The van der Waals surface area contributed by atoms with Gasteiger partial charge < -0.3 is 30.1 Å². The first-order valence-electron chi connectivity index (χ1n) is 13.8. The lowest BCUT2D eigenvalue weighted by molar-refractivity contribution is -0.140. The first kappa shape index (κ1) is 29.2. The van der Waals surface area contributed by atoms with Gasteiger partial charge in [-0.2, -0.15) is 13.8 Å². The molecule has 0 spiro atoms. The molecule has 42 heavy (non-hydrogen) atoms. The van der Waals surface area contributed by atoms with E-state index in [2.05, 4.69) is 20.6 Å². The number of halogens is 2. The van der Waals surface area contributed by atoms with E-state index < -0.39 is 18.4 Å². The topological polar surface area (TPSA) is 103 Å². The second-order valence-corrected chi connectivity index (χ2v) is 10.9. The number of carbonyl (C=O) groups excluding carboxylic acids is 2. The van der Waals surface area contributed by atoms with Gasteiger partial charge >= 0.3 is 5.92 Å². The number of carbonyl (C=O) groups is 2. The van der Waals surface area contributed by atoms with Crippen molar-refractivity contribution in [1.82, 2.24) is 20.2 Å². The summed E-state index contributed by atoms with van der Waals surface area (Å²) in [6, 6.07) is 14.4. The van der Waals surface area contributed by atoms with Crippen LogP contribution in [0, 0.1) is 0 Å². The Morgan fingerprint density at radius 2 is 1.95 bits per heavy atom. The lowest BCUT2D eigenvalue weighted by atomic mass is 10.1. The van der Waals surface area contributed by atoms with Gasteiger partial charge in [0.05, 0.1) is 25.5 Å². The van der Waals surface area contributed by atoms with Crippen molar-refractivity contribution in [2.75, 3.05) is 63.0 Å². The van der Waals surface area contributed by atoms with Crippen molar-refractivity contribution >= 4 is 35.0 Å². The molecule has 2 aliphatic rings. The summed E-state index contributed by atoms with van der Waals surface area (Å²) >= 11 is 0. The molecule has 2 amide bonds. The molecule has 12 heteroatoms. The number of methoxy groups -OCH3 is 1. The lowest BCUT2D eigenvalue weighted by Gasteiger charge is -2.26. The van der Waals surface area contributed by atoms with Gasteiger partial charge in [0.15, 0.2) is 5.82 Å². The summed E-state index contributed by atoms with van der Waals surface area (Å²) in [5.74, 6) is -4.30. The average molecular weight is 580 g/mol. The Kier molecular flexibility index (Phi) is 8.26. The molecule has 5 rings (SSSR count). The fourth-order valence-electron chi connectivity index (χ4n) is 5.20. The Balaban J connectivity index is 1.40. The third kappa shape index (κ3) is 6.13. The summed E-state index contributed by atoms with van der Waals surface area (Å²) in [4.78, 5) is 38.7. The smallest absolute Gasteiger partial charge is 0.342 e. The molecule has 2 aromatic carbocycles. The van der Waals surface area contributed by atoms with E-state index in [1.807, 2.05) is 49.3 Å². The van der Waals surface area contributed by atoms with E-state index in [0.717, 1.165) is 23.4 Å². The number of hydrogen-bond acceptors (Lipinski definition) is 8. The molecule has 0 saturated heterocycles. The van der Waals surface area contributed by atoms with Crippen molar-refractivity contribution in [3.8, 4) is 5.75 Å². The Labute approximate surface area is 243 Å². The van der Waals surface area contributed by atoms with Gasteiger partial charge in [0.25, 0.3) is 11.8 Å². The number of benzene rings is 2. The number of fused-ring (bicyclic) bond motifs is 1. The third-order valence-corrected chi connectivity index (χ3v) is 7.53. The SMILES string of the molecule is COc1cc(C(=O)NCCCN(C)C)ccc1Nc1ncc2c(n1)N(C1C[C@H]1c1ccccc1)CC(F)(F)C(=O)N2C. The predicted octanol–water partition coefficient (Wildman–Crippen LogP) is 3.88. The average Bonchev–Trinajstić information content (AvgIpc) is 3.79. The van der Waals surface area contributed by atoms with E-state index in [0.29, 0.717) is 30.0 Å². The molecule has 2 atom stereocenters. The molecule has 1 aromatic heterocycles. The van der Waals surface area contributed by atoms with E-state index in [1.165, 1.54) is 25.3 Å². The molecule has 222 valence electrons. The van der Waals surface area contributed by atoms with Crippen molar-refractivity contribution in [2.24, 2.45) is 0 Å². The standard InChI is InChI=1S/C30H35F2N7O3/c1-37(2)14-8-13-33-27(40)20-11-12-22(25(15-20)42-4)35-29-34-17-24-26(36-29)39(18-30(31,32)28(41)38(24)3)23-16-21(23)19-9-6-5-7-10-19/h5-7,9-12,15,17,21,23H,8,13-14,16,18H2,1-4H3,(H,33,40)(H,34,35,36)/t21-,23?/m0/s1. The molecule has 1 unspecified atom stereocenters. The largest absolute Gasteiger partial charge is 0.495 e. The molecule has 1 fully saturated rings. The van der Waals surface area contributed by atoms with Gasteiger partial charge in [-0.1, -0.05) is 30.3 Å². The normalized spacial score (nSPS) is 19.3. The van der Waals surface area contributed by atoms with Crippen molar-refractivity contribution in [1.29, 1.82) is 0 Å². The molecule has 10 nitrogen and oxygen atoms in total. The summed E-state index contributed by atoms with van der Waals surface area (Å²) in [5, 5.41) is 5.99. The minimum absolute atomic E-state index is 0.0430. The van der Waals surface area contributed by atoms with Crippen LogP contribution < -0.4 is 25.2 Å². The maximum atomic E-state index is 15.1. The maximum absolute atomic E-state index is 15.1. The molecule has 0 bridgehead atoms. The summed E-state index contributed by atoms with van der Waals surface area (Å²) in [7, 11) is 6.75. The fraction of sp³-hybridized carbons (Fsp3) is 0.400. The second-order valence-electron chi connectivity index (χ2n) is 10.9. The number of aromatic nitrogens is 2. The minimum Gasteiger partial charge on any atom is -0.495 e. The molecular weight excluding hydrogens is 544 g/mol. The Bertz CT molecular complexity index is 1450. The van der Waals surface area contributed by atoms with Gasteiger partial charge in [-0.25, -0.2) is 4.98 Å². The highest BCUT2D eigenvalue weighted by Crippen LogP contribution is 2.49. The van der Waals surface area contributed by atoms with Gasteiger partial charge in [-0.05, 0) is 57.2 Å². The number of nitrogens with zero attached hydrogens (tertiary/aromatic N) is 5. The third-order valence-electron chi connectivity index (χ3n) is 7.53. The number of nitrogens with one attached hydrogen (secondary N) is 2. The van der Waals surface area contributed by atoms with Crippen LogP contribution in [0.2, 0.25) is 0 Å². The lowest BCUT2D eigenvalue weighted by Crippen LogP contribution is -2.46. The van der Waals surface area contributed by atoms with Gasteiger partial charge in [-0.15, -0.1) is 0 Å². The highest BCUT2D eigenvalue weighted by Gasteiger charge is 2.53. The highest BCUT2D eigenvalue weighted by atomic mass is 19.3. The van der Waals surface area contributed by atoms with Crippen LogP contribution in [-0.4, -0.2) is 86.5 Å². The second kappa shape index (κ2) is 11.9. The molecule has 2 N–H and O–H groups in total. The zero-order valence-corrected chi connectivity index (χ0v) is 24.1. The fourth-order valence-corrected chi connectivity index (χ4v) is 5.20. The zero-order valence-electron chi connectivity index (χ0n) is 24.1. The van der Waals surface area contributed by atoms with Crippen molar-refractivity contribution in [2.45, 2.75) is 30.7 Å². The number of hydrogen-bond donors (Lipinski definition) is 2. The first-order valence-corrected chi connectivity index (χ1v) is 13.8. The summed E-state index contributed by atoms with van der Waals surface area (Å²) < 4.78 is 35.7. The number of amides is 2. The van der Waals surface area contributed by atoms with Crippen molar-refractivity contribution in [3.63, 3.8) is 0 Å². The van der Waals surface area contributed by atoms with Crippen molar-refractivity contribution in [3.05, 3.63) is 65.9 Å². The van der Waals surface area contributed by atoms with Crippen LogP contribution in [0.1, 0.15) is 34.7 Å². The predicted molar refractivity (Wildman–Crippen MR) is 157 cm³/mol. The minimum atomic E-state index is -3.60. The molecular formula is C30H35F2N7O3. The van der Waals surface area contributed by atoms with Crippen LogP contribution in [0.4, 0.5) is 31.9 Å². The number of alkyl halides is 2. The van der Waals surface area contributed by atoms with Gasteiger partial charge in [0, 0.05) is 31.1 Å². The zero-order chi connectivity index (χ0) is 30.0. The molecule has 1 aliphatic heterocycles. The number of anilines is 4. The van der Waals surface area contributed by atoms with E-state index in [9.17, 15) is 9.59 Å². The van der Waals surface area contributed by atoms with Crippen LogP contribution in [0.5, 0.6) is 5.75 Å². The van der Waals surface area contributed by atoms with Crippen LogP contribution in [0.3, 0.4) is 0 Å². The molecule has 0 radical (unpaired) electrons. The molecule has 3 aromatic rings. The Morgan fingerprint density at radius 1 is 1.19 bits per heavy atom. The van der Waals surface area contributed by atoms with E-state index in [1.54, 1.807) is 18.2 Å². The summed E-state index contributed by atoms with van der Waals surface area (Å²) in [6.45, 7) is 0.621. The number of rotatable bonds is 10. The van der Waals surface area contributed by atoms with Gasteiger partial charge in [0.2, 0.25) is 5.95 Å². The van der Waals surface area contributed by atoms with Gasteiger partial charge in [0.1, 0.15) is 11.4 Å². The summed E-state index contributed by atoms with van der Waals surface area (Å²) in [5.41, 5.74) is 2.18. The van der Waals surface area contributed by atoms with E-state index in [4.69, 9.17) is 4.74 Å². The monoisotopic (exact) mass is 579 g/mol. The van der Waals surface area contributed by atoms with E-state index >= 15 is 8.78 Å². The van der Waals surface area contributed by atoms with Crippen LogP contribution in [0.15, 0.2) is 54.7 Å². The first-order chi connectivity index (χ1) is 20.1. The Morgan fingerprint density at radius 3 is 2.67 bits per heavy atom. The van der Waals surface area contributed by atoms with Gasteiger partial charge in [-0.3, -0.25) is 9.59 Å². The summed E-state index contributed by atoms with van der Waals surface area (Å²) in [6.07, 6.45) is 2.86. The van der Waals surface area contributed by atoms with Crippen molar-refractivity contribution < 1.29 is 23.1 Å². The van der Waals surface area contributed by atoms with Crippen LogP contribution in [-0.2, 0) is 4.79 Å².